The summed E-state index contributed by atoms with van der Waals surface area (Å²) in [5.74, 6) is -0.394. The van der Waals surface area contributed by atoms with E-state index >= 15 is 0 Å². The van der Waals surface area contributed by atoms with Gasteiger partial charge in [-0.1, -0.05) is 55.5 Å². The van der Waals surface area contributed by atoms with E-state index in [0.29, 0.717) is 17.8 Å². The molecular weight excluding hydrogens is 396 g/mol. The highest BCUT2D eigenvalue weighted by atomic mass is 32.2. The van der Waals surface area contributed by atoms with Gasteiger partial charge in [-0.25, -0.2) is 8.42 Å². The second-order valence-electron chi connectivity index (χ2n) is 7.10. The van der Waals surface area contributed by atoms with Crippen LogP contribution in [0.4, 0.5) is 11.4 Å². The fraction of sp³-hybridized carbons (Fsp3) is 0.208. The van der Waals surface area contributed by atoms with Gasteiger partial charge < -0.3 is 5.32 Å². The van der Waals surface area contributed by atoms with E-state index in [-0.39, 0.29) is 11.4 Å². The molecule has 0 saturated heterocycles. The van der Waals surface area contributed by atoms with E-state index in [2.05, 4.69) is 5.32 Å². The number of aryl methyl sites for hydroxylation is 2. The van der Waals surface area contributed by atoms with Crippen molar-refractivity contribution in [2.75, 3.05) is 16.2 Å². The summed E-state index contributed by atoms with van der Waals surface area (Å²) in [6.07, 6.45) is 0.648. The van der Waals surface area contributed by atoms with Crippen molar-refractivity contribution in [3.8, 4) is 0 Å². The van der Waals surface area contributed by atoms with Gasteiger partial charge >= 0.3 is 0 Å². The monoisotopic (exact) mass is 422 g/mol. The van der Waals surface area contributed by atoms with Gasteiger partial charge in [-0.2, -0.15) is 0 Å². The molecule has 0 radical (unpaired) electrons. The summed E-state index contributed by atoms with van der Waals surface area (Å²) in [7, 11) is -3.92. The summed E-state index contributed by atoms with van der Waals surface area (Å²) in [5.41, 5.74) is 4.06. The Morgan fingerprint density at radius 3 is 2.27 bits per heavy atom. The van der Waals surface area contributed by atoms with Crippen LogP contribution in [0.1, 0.15) is 23.6 Å². The van der Waals surface area contributed by atoms with Crippen molar-refractivity contribution in [3.05, 3.63) is 89.5 Å². The molecule has 0 heterocycles. The van der Waals surface area contributed by atoms with Gasteiger partial charge in [-0.15, -0.1) is 0 Å². The SMILES string of the molecule is CCc1ccccc1N(CC(=O)Nc1cccc(C)c1C)S(=O)(=O)c1ccccc1. The van der Waals surface area contributed by atoms with Gasteiger partial charge in [-0.3, -0.25) is 9.10 Å². The molecule has 0 fully saturated rings. The van der Waals surface area contributed by atoms with Crippen molar-refractivity contribution >= 4 is 27.3 Å². The molecule has 0 aromatic heterocycles. The average Bonchev–Trinajstić information content (AvgIpc) is 2.76. The first-order valence-corrected chi connectivity index (χ1v) is 11.3. The fourth-order valence-electron chi connectivity index (χ4n) is 3.28. The first-order chi connectivity index (χ1) is 14.3. The van der Waals surface area contributed by atoms with Crippen molar-refractivity contribution in [1.29, 1.82) is 0 Å². The summed E-state index contributed by atoms with van der Waals surface area (Å²) < 4.78 is 28.1. The summed E-state index contributed by atoms with van der Waals surface area (Å²) >= 11 is 0. The Bertz CT molecular complexity index is 1140. The molecule has 0 atom stereocenters. The third-order valence-corrected chi connectivity index (χ3v) is 6.91. The van der Waals surface area contributed by atoms with Gasteiger partial charge in [0, 0.05) is 5.69 Å². The van der Waals surface area contributed by atoms with Crippen molar-refractivity contribution in [2.24, 2.45) is 0 Å². The molecule has 0 saturated carbocycles. The summed E-state index contributed by atoms with van der Waals surface area (Å²) in [4.78, 5) is 13.1. The van der Waals surface area contributed by atoms with Crippen LogP contribution in [0.3, 0.4) is 0 Å². The van der Waals surface area contributed by atoms with Crippen LogP contribution < -0.4 is 9.62 Å². The van der Waals surface area contributed by atoms with E-state index in [0.717, 1.165) is 16.7 Å². The maximum Gasteiger partial charge on any atom is 0.264 e. The number of rotatable bonds is 7. The third-order valence-electron chi connectivity index (χ3n) is 5.14. The Hall–Kier alpha value is -3.12. The van der Waals surface area contributed by atoms with Crippen LogP contribution in [-0.4, -0.2) is 20.9 Å². The van der Waals surface area contributed by atoms with Crippen LogP contribution in [0, 0.1) is 13.8 Å². The topological polar surface area (TPSA) is 66.5 Å². The Morgan fingerprint density at radius 1 is 0.900 bits per heavy atom. The highest BCUT2D eigenvalue weighted by Gasteiger charge is 2.28. The first kappa shape index (κ1) is 21.6. The summed E-state index contributed by atoms with van der Waals surface area (Å²) in [5, 5.41) is 2.87. The number of hydrogen-bond donors (Lipinski definition) is 1. The number of sulfonamides is 1. The lowest BCUT2D eigenvalue weighted by Gasteiger charge is -2.26. The number of nitrogens with one attached hydrogen (secondary N) is 1. The molecule has 1 N–H and O–H groups in total. The average molecular weight is 423 g/mol. The molecule has 156 valence electrons. The minimum absolute atomic E-state index is 0.149. The molecule has 30 heavy (non-hydrogen) atoms. The van der Waals surface area contributed by atoms with Gasteiger partial charge in [0.25, 0.3) is 10.0 Å². The molecule has 0 bridgehead atoms. The second kappa shape index (κ2) is 9.13. The van der Waals surface area contributed by atoms with Gasteiger partial charge in [0.15, 0.2) is 0 Å². The highest BCUT2D eigenvalue weighted by molar-refractivity contribution is 7.92. The molecule has 0 aliphatic carbocycles. The molecule has 3 aromatic carbocycles. The number of anilines is 2. The number of nitrogens with zero attached hydrogens (tertiary/aromatic N) is 1. The number of amides is 1. The maximum atomic E-state index is 13.5. The Kier molecular flexibility index (Phi) is 6.57. The van der Waals surface area contributed by atoms with Crippen molar-refractivity contribution < 1.29 is 13.2 Å². The zero-order valence-corrected chi connectivity index (χ0v) is 18.2. The minimum Gasteiger partial charge on any atom is -0.324 e. The van der Waals surface area contributed by atoms with Crippen LogP contribution in [0.2, 0.25) is 0 Å². The van der Waals surface area contributed by atoms with Crippen LogP contribution in [0.25, 0.3) is 0 Å². The van der Waals surface area contributed by atoms with E-state index in [9.17, 15) is 13.2 Å². The zero-order chi connectivity index (χ0) is 21.7. The molecule has 0 aliphatic heterocycles. The van der Waals surface area contributed by atoms with Gasteiger partial charge in [0.05, 0.1) is 10.6 Å². The second-order valence-corrected chi connectivity index (χ2v) is 8.96. The van der Waals surface area contributed by atoms with E-state index in [1.54, 1.807) is 42.5 Å². The minimum atomic E-state index is -3.92. The maximum absolute atomic E-state index is 13.5. The molecule has 0 aliphatic rings. The van der Waals surface area contributed by atoms with Crippen molar-refractivity contribution in [3.63, 3.8) is 0 Å². The van der Waals surface area contributed by atoms with Gasteiger partial charge in [0.2, 0.25) is 5.91 Å². The lowest BCUT2D eigenvalue weighted by molar-refractivity contribution is -0.114. The van der Waals surface area contributed by atoms with E-state index in [1.807, 2.05) is 51.1 Å². The number of carbonyl (C=O) groups is 1. The van der Waals surface area contributed by atoms with E-state index < -0.39 is 15.9 Å². The lowest BCUT2D eigenvalue weighted by atomic mass is 10.1. The number of hydrogen-bond acceptors (Lipinski definition) is 3. The quantitative estimate of drug-likeness (QED) is 0.600. The summed E-state index contributed by atoms with van der Waals surface area (Å²) in [6, 6.07) is 21.1. The molecular formula is C24H26N2O3S. The molecule has 3 rings (SSSR count). The summed E-state index contributed by atoms with van der Waals surface area (Å²) in [6.45, 7) is 5.54. The van der Waals surface area contributed by atoms with Crippen LogP contribution in [-0.2, 0) is 21.2 Å². The zero-order valence-electron chi connectivity index (χ0n) is 17.4. The number of para-hydroxylation sites is 1. The molecule has 1 amide bonds. The third kappa shape index (κ3) is 4.54. The highest BCUT2D eigenvalue weighted by Crippen LogP contribution is 2.28. The van der Waals surface area contributed by atoms with Gasteiger partial charge in [0.1, 0.15) is 6.54 Å². The Balaban J connectivity index is 2.00. The van der Waals surface area contributed by atoms with Crippen molar-refractivity contribution in [1.82, 2.24) is 0 Å². The van der Waals surface area contributed by atoms with Crippen LogP contribution in [0.15, 0.2) is 77.7 Å². The normalized spacial score (nSPS) is 11.2. The van der Waals surface area contributed by atoms with Crippen molar-refractivity contribution in [2.45, 2.75) is 32.1 Å². The number of carbonyl (C=O) groups excluding carboxylic acids is 1. The van der Waals surface area contributed by atoms with E-state index in [4.69, 9.17) is 0 Å². The number of benzene rings is 3. The predicted octanol–water partition coefficient (Wildman–Crippen LogP) is 4.70. The Labute approximate surface area is 178 Å². The standard InChI is InChI=1S/C24H26N2O3S/c1-4-20-12-8-9-16-23(20)26(30(28,29)21-13-6-5-7-14-21)17-24(27)25-22-15-10-11-18(2)19(22)3/h5-16H,4,17H2,1-3H3,(H,25,27). The predicted molar refractivity (Wildman–Crippen MR) is 121 cm³/mol. The molecule has 0 unspecified atom stereocenters. The smallest absolute Gasteiger partial charge is 0.264 e. The largest absolute Gasteiger partial charge is 0.324 e. The van der Waals surface area contributed by atoms with Gasteiger partial charge in [-0.05, 0) is 61.2 Å². The first-order valence-electron chi connectivity index (χ1n) is 9.86. The molecule has 0 spiro atoms. The molecule has 5 nitrogen and oxygen atoms in total. The van der Waals surface area contributed by atoms with Crippen LogP contribution in [0.5, 0.6) is 0 Å². The van der Waals surface area contributed by atoms with E-state index in [1.165, 1.54) is 4.31 Å². The Morgan fingerprint density at radius 2 is 1.57 bits per heavy atom. The lowest BCUT2D eigenvalue weighted by Crippen LogP contribution is -2.38. The molecule has 6 heteroatoms. The molecule has 3 aromatic rings. The van der Waals surface area contributed by atoms with Crippen LogP contribution >= 0.6 is 0 Å². The fourth-order valence-corrected chi connectivity index (χ4v) is 4.76.